The van der Waals surface area contributed by atoms with Crippen molar-refractivity contribution in [3.63, 3.8) is 0 Å². The molecule has 1 fully saturated rings. The number of carbonyl (C=O) groups excluding carboxylic acids is 1. The van der Waals surface area contributed by atoms with Gasteiger partial charge in [-0.15, -0.1) is 5.73 Å². The third-order valence-corrected chi connectivity index (χ3v) is 3.60. The van der Waals surface area contributed by atoms with Gasteiger partial charge in [-0.3, -0.25) is 4.79 Å². The van der Waals surface area contributed by atoms with Crippen LogP contribution in [0.2, 0.25) is 0 Å². The average molecular weight is 283 g/mol. The Labute approximate surface area is 121 Å². The number of ether oxygens (including phenoxy) is 1. The van der Waals surface area contributed by atoms with Crippen molar-refractivity contribution in [3.05, 3.63) is 18.4 Å². The molecular weight excluding hydrogens is 257 g/mol. The van der Waals surface area contributed by atoms with Crippen molar-refractivity contribution in [1.29, 1.82) is 0 Å². The van der Waals surface area contributed by atoms with E-state index in [-0.39, 0.29) is 17.9 Å². The molecule has 1 saturated heterocycles. The molecule has 1 rings (SSSR count). The van der Waals surface area contributed by atoms with E-state index in [4.69, 9.17) is 4.74 Å². The molecule has 4 atom stereocenters. The van der Waals surface area contributed by atoms with Gasteiger partial charge in [0.1, 0.15) is 6.10 Å². The van der Waals surface area contributed by atoms with Crippen LogP contribution in [0.4, 0.5) is 4.39 Å². The van der Waals surface area contributed by atoms with Crippen LogP contribution in [0.1, 0.15) is 41.0 Å². The zero-order valence-electron chi connectivity index (χ0n) is 13.1. The first kappa shape index (κ1) is 16.9. The van der Waals surface area contributed by atoms with Gasteiger partial charge < -0.3 is 10.1 Å². The first-order chi connectivity index (χ1) is 9.22. The topological polar surface area (TPSA) is 38.3 Å². The number of amides is 1. The van der Waals surface area contributed by atoms with Crippen LogP contribution in [-0.2, 0) is 9.53 Å². The van der Waals surface area contributed by atoms with Gasteiger partial charge in [-0.2, -0.15) is 0 Å². The maximum Gasteiger partial charge on any atom is 0.217 e. The number of alkyl halides is 1. The van der Waals surface area contributed by atoms with Crippen LogP contribution in [0.15, 0.2) is 18.4 Å². The third-order valence-electron chi connectivity index (χ3n) is 3.60. The zero-order chi connectivity index (χ0) is 15.5. The Hall–Kier alpha value is -1.12. The quantitative estimate of drug-likeness (QED) is 0.788. The fraction of sp³-hybridized carbons (Fsp3) is 0.750. The molecule has 0 unspecified atom stereocenters. The summed E-state index contributed by atoms with van der Waals surface area (Å²) in [6.45, 7) is 12.8. The molecule has 0 bridgehead atoms. The summed E-state index contributed by atoms with van der Waals surface area (Å²) >= 11 is 0. The largest absolute Gasteiger partial charge is 0.369 e. The Morgan fingerprint density at radius 3 is 2.50 bits per heavy atom. The molecule has 114 valence electrons. The lowest BCUT2D eigenvalue weighted by atomic mass is 9.83. The zero-order valence-corrected chi connectivity index (χ0v) is 13.1. The van der Waals surface area contributed by atoms with Crippen LogP contribution >= 0.6 is 0 Å². The molecule has 0 spiro atoms. The molecule has 1 heterocycles. The molecule has 1 N–H and O–H groups in total. The maximum atomic E-state index is 15.5. The highest BCUT2D eigenvalue weighted by Gasteiger charge is 2.57. The van der Waals surface area contributed by atoms with Gasteiger partial charge in [0.2, 0.25) is 5.91 Å². The Bertz CT molecular complexity index is 401. The first-order valence-electron chi connectivity index (χ1n) is 7.20. The number of hydrogen-bond acceptors (Lipinski definition) is 2. The molecule has 1 aliphatic heterocycles. The predicted octanol–water partition coefficient (Wildman–Crippen LogP) is 3.01. The van der Waals surface area contributed by atoms with Gasteiger partial charge in [0, 0.05) is 6.92 Å². The predicted molar refractivity (Wildman–Crippen MR) is 78.1 cm³/mol. The highest BCUT2D eigenvalue weighted by molar-refractivity contribution is 5.73. The van der Waals surface area contributed by atoms with Gasteiger partial charge in [-0.25, -0.2) is 4.39 Å². The van der Waals surface area contributed by atoms with E-state index < -0.39 is 17.8 Å². The summed E-state index contributed by atoms with van der Waals surface area (Å²) in [4.78, 5) is 11.4. The second kappa shape index (κ2) is 6.55. The maximum absolute atomic E-state index is 15.5. The molecule has 0 aromatic rings. The van der Waals surface area contributed by atoms with E-state index >= 15 is 4.39 Å². The SMILES string of the molecule is C=C=C[C@]1(F)[C@H](C(C)C)O[C@H](CC(C)C)[C@@H]1NC(C)=O. The summed E-state index contributed by atoms with van der Waals surface area (Å²) in [6.07, 6.45) is 1.07. The summed E-state index contributed by atoms with van der Waals surface area (Å²) in [5.41, 5.74) is 0.768. The Morgan fingerprint density at radius 1 is 1.50 bits per heavy atom. The highest BCUT2D eigenvalue weighted by Crippen LogP contribution is 2.41. The van der Waals surface area contributed by atoms with E-state index in [2.05, 4.69) is 31.5 Å². The van der Waals surface area contributed by atoms with Gasteiger partial charge in [0.05, 0.1) is 12.1 Å². The first-order valence-corrected chi connectivity index (χ1v) is 7.20. The molecule has 0 radical (unpaired) electrons. The minimum Gasteiger partial charge on any atom is -0.369 e. The van der Waals surface area contributed by atoms with Crippen molar-refractivity contribution in [1.82, 2.24) is 5.32 Å². The molecule has 0 aromatic heterocycles. The lowest BCUT2D eigenvalue weighted by molar-refractivity contribution is -0.120. The summed E-state index contributed by atoms with van der Waals surface area (Å²) in [6, 6.07) is -0.691. The minimum atomic E-state index is -1.76. The number of nitrogens with one attached hydrogen (secondary N) is 1. The molecule has 0 aliphatic carbocycles. The lowest BCUT2D eigenvalue weighted by Gasteiger charge is -2.30. The van der Waals surface area contributed by atoms with Gasteiger partial charge in [0.15, 0.2) is 5.67 Å². The fourth-order valence-electron chi connectivity index (χ4n) is 2.91. The second-order valence-electron chi connectivity index (χ2n) is 6.32. The van der Waals surface area contributed by atoms with Crippen molar-refractivity contribution in [2.24, 2.45) is 11.8 Å². The van der Waals surface area contributed by atoms with E-state index in [1.165, 1.54) is 13.0 Å². The highest BCUT2D eigenvalue weighted by atomic mass is 19.1. The van der Waals surface area contributed by atoms with E-state index in [0.29, 0.717) is 12.3 Å². The smallest absolute Gasteiger partial charge is 0.217 e. The summed E-state index contributed by atoms with van der Waals surface area (Å²) in [5.74, 6) is 0.105. The van der Waals surface area contributed by atoms with E-state index in [9.17, 15) is 4.79 Å². The number of rotatable bonds is 5. The fourth-order valence-corrected chi connectivity index (χ4v) is 2.91. The molecular formula is C16H26FNO2. The number of carbonyl (C=O) groups is 1. The van der Waals surface area contributed by atoms with Crippen molar-refractivity contribution in [2.75, 3.05) is 0 Å². The van der Waals surface area contributed by atoms with Crippen molar-refractivity contribution < 1.29 is 13.9 Å². The van der Waals surface area contributed by atoms with Crippen molar-refractivity contribution in [2.45, 2.75) is 65.0 Å². The van der Waals surface area contributed by atoms with Crippen LogP contribution < -0.4 is 5.32 Å². The Balaban J connectivity index is 3.16. The third kappa shape index (κ3) is 3.50. The normalized spacial score (nSPS) is 33.3. The summed E-state index contributed by atoms with van der Waals surface area (Å²) in [7, 11) is 0. The monoisotopic (exact) mass is 283 g/mol. The van der Waals surface area contributed by atoms with E-state index in [0.717, 1.165) is 0 Å². The van der Waals surface area contributed by atoms with Crippen LogP contribution in [0.25, 0.3) is 0 Å². The van der Waals surface area contributed by atoms with E-state index in [1.807, 2.05) is 13.8 Å². The molecule has 4 heteroatoms. The van der Waals surface area contributed by atoms with Crippen molar-refractivity contribution in [3.8, 4) is 0 Å². The number of halogens is 1. The molecule has 1 amide bonds. The van der Waals surface area contributed by atoms with Gasteiger partial charge in [-0.1, -0.05) is 34.3 Å². The molecule has 1 aliphatic rings. The standard InChI is InChI=1S/C16H26FNO2/c1-7-8-16(17)14(18-12(6)19)13(9-10(2)3)20-15(16)11(4)5/h8,10-11,13-15H,1,9H2,2-6H3,(H,18,19)/t13-,14+,15+,16-/m1/s1. The second-order valence-corrected chi connectivity index (χ2v) is 6.32. The lowest BCUT2D eigenvalue weighted by Crippen LogP contribution is -2.53. The Kier molecular flexibility index (Phi) is 5.55. The van der Waals surface area contributed by atoms with E-state index in [1.54, 1.807) is 0 Å². The Morgan fingerprint density at radius 2 is 2.10 bits per heavy atom. The summed E-state index contributed by atoms with van der Waals surface area (Å²) < 4.78 is 21.4. The molecule has 0 aromatic carbocycles. The van der Waals surface area contributed by atoms with Crippen LogP contribution in [0.3, 0.4) is 0 Å². The molecule has 3 nitrogen and oxygen atoms in total. The van der Waals surface area contributed by atoms with Gasteiger partial charge in [0.25, 0.3) is 0 Å². The van der Waals surface area contributed by atoms with Crippen LogP contribution in [0.5, 0.6) is 0 Å². The number of hydrogen-bond donors (Lipinski definition) is 1. The average Bonchev–Trinajstić information content (AvgIpc) is 2.53. The van der Waals surface area contributed by atoms with Gasteiger partial charge in [-0.05, 0) is 24.3 Å². The van der Waals surface area contributed by atoms with Crippen LogP contribution in [-0.4, -0.2) is 29.8 Å². The minimum absolute atomic E-state index is 0.00183. The molecule has 20 heavy (non-hydrogen) atoms. The summed E-state index contributed by atoms with van der Waals surface area (Å²) in [5, 5.41) is 2.72. The van der Waals surface area contributed by atoms with Crippen molar-refractivity contribution >= 4 is 5.91 Å². The van der Waals surface area contributed by atoms with Crippen LogP contribution in [0, 0.1) is 11.8 Å². The van der Waals surface area contributed by atoms with Gasteiger partial charge >= 0.3 is 0 Å². The molecule has 0 saturated carbocycles.